The zero-order valence-electron chi connectivity index (χ0n) is 12.4. The summed E-state index contributed by atoms with van der Waals surface area (Å²) in [6, 6.07) is 13.9. The van der Waals surface area contributed by atoms with Gasteiger partial charge in [0.2, 0.25) is 0 Å². The Morgan fingerprint density at radius 1 is 1.04 bits per heavy atom. The van der Waals surface area contributed by atoms with Gasteiger partial charge in [0.1, 0.15) is 5.82 Å². The first-order valence-electron chi connectivity index (χ1n) is 6.99. The van der Waals surface area contributed by atoms with Crippen LogP contribution in [-0.2, 0) is 16.6 Å². The van der Waals surface area contributed by atoms with Gasteiger partial charge in [0.05, 0.1) is 11.4 Å². The van der Waals surface area contributed by atoms with E-state index in [0.717, 1.165) is 22.2 Å². The van der Waals surface area contributed by atoms with E-state index < -0.39 is 15.8 Å². The maximum absolute atomic E-state index is 12.9. The maximum atomic E-state index is 12.9. The largest absolute Gasteiger partial charge is 0.266 e. The molecule has 124 valence electrons. The fourth-order valence-electron chi connectivity index (χ4n) is 2.09. The van der Waals surface area contributed by atoms with Gasteiger partial charge in [-0.1, -0.05) is 28.1 Å². The molecule has 0 saturated heterocycles. The third-order valence-corrected chi connectivity index (χ3v) is 5.16. The summed E-state index contributed by atoms with van der Waals surface area (Å²) in [6.45, 7) is 0.519. The lowest BCUT2D eigenvalue weighted by atomic mass is 10.2. The highest BCUT2D eigenvalue weighted by Crippen LogP contribution is 2.16. The van der Waals surface area contributed by atoms with Crippen molar-refractivity contribution in [3.05, 3.63) is 76.6 Å². The fourth-order valence-corrected chi connectivity index (χ4v) is 3.35. The molecule has 0 fully saturated rings. The maximum Gasteiger partial charge on any atom is 0.263 e. The molecule has 5 nitrogen and oxygen atoms in total. The summed E-state index contributed by atoms with van der Waals surface area (Å²) in [5.74, 6) is -0.288. The van der Waals surface area contributed by atoms with Crippen LogP contribution < -0.4 is 4.72 Å². The van der Waals surface area contributed by atoms with Gasteiger partial charge in [0.15, 0.2) is 5.82 Å². The number of aromatic nitrogens is 2. The molecule has 0 aliphatic rings. The summed E-state index contributed by atoms with van der Waals surface area (Å²) in [5.41, 5.74) is 1.04. The van der Waals surface area contributed by atoms with Crippen molar-refractivity contribution in [2.75, 3.05) is 4.72 Å². The van der Waals surface area contributed by atoms with Gasteiger partial charge in [0.25, 0.3) is 10.0 Å². The number of anilines is 1. The lowest BCUT2D eigenvalue weighted by Gasteiger charge is -2.05. The number of rotatable bonds is 5. The number of hydrogen-bond acceptors (Lipinski definition) is 3. The number of sulfonamides is 1. The smallest absolute Gasteiger partial charge is 0.263 e. The minimum absolute atomic E-state index is 0.0219. The summed E-state index contributed by atoms with van der Waals surface area (Å²) < 4.78 is 42.4. The monoisotopic (exact) mass is 409 g/mol. The molecule has 3 rings (SSSR count). The van der Waals surface area contributed by atoms with Crippen molar-refractivity contribution >= 4 is 31.8 Å². The molecule has 24 heavy (non-hydrogen) atoms. The molecule has 8 heteroatoms. The Kier molecular flexibility index (Phi) is 4.68. The van der Waals surface area contributed by atoms with E-state index in [-0.39, 0.29) is 10.7 Å². The van der Waals surface area contributed by atoms with Gasteiger partial charge in [-0.15, -0.1) is 0 Å². The van der Waals surface area contributed by atoms with Gasteiger partial charge in [-0.25, -0.2) is 12.8 Å². The SMILES string of the molecule is O=S(=O)(Nc1ccn(Cc2ccc(Br)cc2)n1)c1ccc(F)cc1. The molecule has 1 heterocycles. The standard InChI is InChI=1S/C16H13BrFN3O2S/c17-13-3-1-12(2-4-13)11-21-10-9-16(19-21)20-24(22,23)15-7-5-14(18)6-8-15/h1-10H,11H2,(H,19,20). The minimum atomic E-state index is -3.79. The lowest BCUT2D eigenvalue weighted by Crippen LogP contribution is -2.13. The zero-order valence-corrected chi connectivity index (χ0v) is 14.8. The van der Waals surface area contributed by atoms with Gasteiger partial charge in [-0.3, -0.25) is 9.40 Å². The number of benzene rings is 2. The highest BCUT2D eigenvalue weighted by molar-refractivity contribution is 9.10. The number of hydrogen-bond donors (Lipinski definition) is 1. The molecule has 0 radical (unpaired) electrons. The molecule has 0 atom stereocenters. The van der Waals surface area contributed by atoms with Crippen LogP contribution in [0.4, 0.5) is 10.2 Å². The second-order valence-electron chi connectivity index (χ2n) is 5.08. The fraction of sp³-hybridized carbons (Fsp3) is 0.0625. The van der Waals surface area contributed by atoms with Crippen LogP contribution in [0.15, 0.2) is 70.2 Å². The predicted molar refractivity (Wildman–Crippen MR) is 92.7 cm³/mol. The van der Waals surface area contributed by atoms with E-state index in [1.54, 1.807) is 16.9 Å². The Bertz CT molecular complexity index is 938. The summed E-state index contributed by atoms with van der Waals surface area (Å²) in [5, 5.41) is 4.20. The van der Waals surface area contributed by atoms with E-state index in [1.807, 2.05) is 24.3 Å². The van der Waals surface area contributed by atoms with Crippen molar-refractivity contribution < 1.29 is 12.8 Å². The van der Waals surface area contributed by atoms with Crippen molar-refractivity contribution in [2.24, 2.45) is 0 Å². The summed E-state index contributed by atoms with van der Waals surface area (Å²) in [4.78, 5) is -0.0219. The molecule has 2 aromatic carbocycles. The van der Waals surface area contributed by atoms with E-state index in [0.29, 0.717) is 6.54 Å². The second kappa shape index (κ2) is 6.74. The van der Waals surface area contributed by atoms with Gasteiger partial charge in [-0.05, 0) is 42.0 Å². The first-order chi connectivity index (χ1) is 11.4. The first-order valence-corrected chi connectivity index (χ1v) is 9.26. The van der Waals surface area contributed by atoms with Crippen molar-refractivity contribution in [1.82, 2.24) is 9.78 Å². The van der Waals surface area contributed by atoms with E-state index >= 15 is 0 Å². The summed E-state index contributed by atoms with van der Waals surface area (Å²) in [6.07, 6.45) is 1.69. The Morgan fingerprint density at radius 2 is 1.71 bits per heavy atom. The Labute approximate surface area is 147 Å². The zero-order chi connectivity index (χ0) is 17.2. The van der Waals surface area contributed by atoms with E-state index in [9.17, 15) is 12.8 Å². The third kappa shape index (κ3) is 4.01. The van der Waals surface area contributed by atoms with Crippen LogP contribution >= 0.6 is 15.9 Å². The van der Waals surface area contributed by atoms with Crippen molar-refractivity contribution in [2.45, 2.75) is 11.4 Å². The summed E-state index contributed by atoms with van der Waals surface area (Å²) in [7, 11) is -3.79. The molecular weight excluding hydrogens is 397 g/mol. The third-order valence-electron chi connectivity index (χ3n) is 3.26. The average molecular weight is 410 g/mol. The van der Waals surface area contributed by atoms with Crippen LogP contribution in [0.25, 0.3) is 0 Å². The Balaban J connectivity index is 1.73. The van der Waals surface area contributed by atoms with Crippen molar-refractivity contribution in [3.8, 4) is 0 Å². The molecule has 1 aromatic heterocycles. The van der Waals surface area contributed by atoms with Crippen LogP contribution in [0.2, 0.25) is 0 Å². The van der Waals surface area contributed by atoms with Crippen LogP contribution in [-0.4, -0.2) is 18.2 Å². The topological polar surface area (TPSA) is 64.0 Å². The average Bonchev–Trinajstić information content (AvgIpc) is 2.96. The molecule has 1 N–H and O–H groups in total. The molecule has 0 aliphatic heterocycles. The Morgan fingerprint density at radius 3 is 2.38 bits per heavy atom. The lowest BCUT2D eigenvalue weighted by molar-refractivity contribution is 0.599. The molecule has 0 amide bonds. The number of nitrogens with zero attached hydrogens (tertiary/aromatic N) is 2. The van der Waals surface area contributed by atoms with Gasteiger partial charge in [0, 0.05) is 16.7 Å². The normalized spacial score (nSPS) is 11.4. The van der Waals surface area contributed by atoms with Crippen LogP contribution in [0.5, 0.6) is 0 Å². The first kappa shape index (κ1) is 16.7. The predicted octanol–water partition coefficient (Wildman–Crippen LogP) is 3.63. The summed E-state index contributed by atoms with van der Waals surface area (Å²) >= 11 is 3.37. The van der Waals surface area contributed by atoms with Crippen LogP contribution in [0.3, 0.4) is 0 Å². The highest BCUT2D eigenvalue weighted by atomic mass is 79.9. The number of halogens is 2. The minimum Gasteiger partial charge on any atom is -0.266 e. The van der Waals surface area contributed by atoms with Crippen molar-refractivity contribution in [3.63, 3.8) is 0 Å². The quantitative estimate of drug-likeness (QED) is 0.699. The molecule has 3 aromatic rings. The molecule has 0 unspecified atom stereocenters. The molecular formula is C16H13BrFN3O2S. The van der Waals surface area contributed by atoms with E-state index in [4.69, 9.17) is 0 Å². The Hall–Kier alpha value is -2.19. The van der Waals surface area contributed by atoms with Gasteiger partial charge >= 0.3 is 0 Å². The molecule has 0 aliphatic carbocycles. The number of nitrogens with one attached hydrogen (secondary N) is 1. The van der Waals surface area contributed by atoms with Crippen molar-refractivity contribution in [1.29, 1.82) is 0 Å². The van der Waals surface area contributed by atoms with Crippen LogP contribution in [0, 0.1) is 5.82 Å². The van der Waals surface area contributed by atoms with Gasteiger partial charge in [-0.2, -0.15) is 5.10 Å². The highest BCUT2D eigenvalue weighted by Gasteiger charge is 2.15. The van der Waals surface area contributed by atoms with E-state index in [2.05, 4.69) is 25.8 Å². The molecule has 0 saturated carbocycles. The molecule has 0 spiro atoms. The molecule has 0 bridgehead atoms. The van der Waals surface area contributed by atoms with Crippen LogP contribution in [0.1, 0.15) is 5.56 Å². The van der Waals surface area contributed by atoms with E-state index in [1.165, 1.54) is 12.1 Å². The second-order valence-corrected chi connectivity index (χ2v) is 7.68. The van der Waals surface area contributed by atoms with Gasteiger partial charge < -0.3 is 0 Å².